The summed E-state index contributed by atoms with van der Waals surface area (Å²) in [7, 11) is 0. The van der Waals surface area contributed by atoms with Gasteiger partial charge in [0.1, 0.15) is 5.75 Å². The fourth-order valence-corrected chi connectivity index (χ4v) is 4.38. The number of nitrogens with one attached hydrogen (secondary N) is 1. The molecule has 110 valence electrons. The van der Waals surface area contributed by atoms with Gasteiger partial charge in [-0.2, -0.15) is 11.8 Å². The minimum atomic E-state index is 0.484. The van der Waals surface area contributed by atoms with E-state index in [4.69, 9.17) is 4.74 Å². The van der Waals surface area contributed by atoms with Crippen LogP contribution in [0.4, 0.5) is 0 Å². The average molecular weight is 291 g/mol. The van der Waals surface area contributed by atoms with Gasteiger partial charge in [-0.1, -0.05) is 31.4 Å². The molecule has 0 saturated heterocycles. The Morgan fingerprint density at radius 1 is 1.25 bits per heavy atom. The van der Waals surface area contributed by atoms with Crippen LogP contribution in [-0.2, 0) is 13.0 Å². The van der Waals surface area contributed by atoms with Crippen LogP contribution in [0.2, 0.25) is 0 Å². The van der Waals surface area contributed by atoms with E-state index in [9.17, 15) is 0 Å². The van der Waals surface area contributed by atoms with E-state index in [2.05, 4.69) is 41.5 Å². The molecule has 0 amide bonds. The van der Waals surface area contributed by atoms with Gasteiger partial charge in [0.25, 0.3) is 0 Å². The highest BCUT2D eigenvalue weighted by atomic mass is 32.2. The number of benzene rings is 1. The number of thioether (sulfide) groups is 1. The van der Waals surface area contributed by atoms with Crippen LogP contribution in [0.3, 0.4) is 0 Å². The molecule has 1 N–H and O–H groups in total. The summed E-state index contributed by atoms with van der Waals surface area (Å²) in [6, 6.07) is 6.63. The molecule has 3 rings (SSSR count). The summed E-state index contributed by atoms with van der Waals surface area (Å²) in [6.45, 7) is 2.97. The Balaban J connectivity index is 1.54. The first-order valence-electron chi connectivity index (χ1n) is 7.82. The van der Waals surface area contributed by atoms with E-state index in [1.807, 2.05) is 0 Å². The van der Waals surface area contributed by atoms with Crippen LogP contribution in [-0.4, -0.2) is 24.2 Å². The van der Waals surface area contributed by atoms with Crippen molar-refractivity contribution in [3.63, 3.8) is 0 Å². The van der Waals surface area contributed by atoms with Crippen molar-refractivity contribution in [3.8, 4) is 5.75 Å². The topological polar surface area (TPSA) is 21.3 Å². The van der Waals surface area contributed by atoms with Gasteiger partial charge in [-0.3, -0.25) is 0 Å². The van der Waals surface area contributed by atoms with Gasteiger partial charge in [0.15, 0.2) is 0 Å². The minimum absolute atomic E-state index is 0.484. The van der Waals surface area contributed by atoms with Crippen molar-refractivity contribution in [2.75, 3.05) is 19.4 Å². The molecular formula is C17H25NOS. The van der Waals surface area contributed by atoms with Crippen LogP contribution < -0.4 is 10.1 Å². The number of hydrogen-bond acceptors (Lipinski definition) is 3. The first kappa shape index (κ1) is 14.3. The Labute approximate surface area is 126 Å². The molecule has 1 saturated carbocycles. The molecule has 0 aromatic heterocycles. The summed E-state index contributed by atoms with van der Waals surface area (Å²) >= 11 is 2.07. The second kappa shape index (κ2) is 6.40. The van der Waals surface area contributed by atoms with E-state index in [0.717, 1.165) is 31.9 Å². The molecule has 3 heteroatoms. The summed E-state index contributed by atoms with van der Waals surface area (Å²) < 4.78 is 6.05. The third-order valence-electron chi connectivity index (χ3n) is 4.73. The predicted molar refractivity (Wildman–Crippen MR) is 86.7 cm³/mol. The normalized spacial score (nSPS) is 20.4. The lowest BCUT2D eigenvalue weighted by Gasteiger charge is -2.36. The fourth-order valence-electron chi connectivity index (χ4n) is 3.43. The van der Waals surface area contributed by atoms with Crippen molar-refractivity contribution < 1.29 is 4.74 Å². The van der Waals surface area contributed by atoms with E-state index in [1.165, 1.54) is 43.2 Å². The molecule has 2 nitrogen and oxygen atoms in total. The lowest BCUT2D eigenvalue weighted by Crippen LogP contribution is -2.39. The zero-order chi connectivity index (χ0) is 13.8. The minimum Gasteiger partial charge on any atom is -0.493 e. The van der Waals surface area contributed by atoms with Gasteiger partial charge in [0, 0.05) is 24.3 Å². The zero-order valence-electron chi connectivity index (χ0n) is 12.4. The summed E-state index contributed by atoms with van der Waals surface area (Å²) in [5.74, 6) is 1.08. The van der Waals surface area contributed by atoms with Gasteiger partial charge >= 0.3 is 0 Å². The molecule has 1 heterocycles. The van der Waals surface area contributed by atoms with Gasteiger partial charge in [-0.05, 0) is 36.3 Å². The van der Waals surface area contributed by atoms with Crippen LogP contribution in [0.5, 0.6) is 5.75 Å². The molecule has 0 bridgehead atoms. The van der Waals surface area contributed by atoms with Crippen LogP contribution >= 0.6 is 11.8 Å². The second-order valence-corrected chi connectivity index (χ2v) is 7.37. The van der Waals surface area contributed by atoms with Gasteiger partial charge in [0.05, 0.1) is 6.61 Å². The Morgan fingerprint density at radius 3 is 2.90 bits per heavy atom. The van der Waals surface area contributed by atoms with E-state index < -0.39 is 0 Å². The third-order valence-corrected chi connectivity index (χ3v) is 6.15. The number of fused-ring (bicyclic) bond motifs is 1. The highest BCUT2D eigenvalue weighted by molar-refractivity contribution is 8.00. The van der Waals surface area contributed by atoms with Crippen LogP contribution in [0.15, 0.2) is 18.2 Å². The van der Waals surface area contributed by atoms with Gasteiger partial charge in [-0.15, -0.1) is 0 Å². The molecule has 20 heavy (non-hydrogen) atoms. The molecule has 2 aliphatic rings. The van der Waals surface area contributed by atoms with Crippen LogP contribution in [0.1, 0.15) is 43.2 Å². The molecule has 0 spiro atoms. The van der Waals surface area contributed by atoms with E-state index in [0.29, 0.717) is 4.75 Å². The SMILES string of the molecule is CSC1(CNCc2ccc3c(c2)CCO3)CCCCC1. The molecule has 1 aliphatic carbocycles. The van der Waals surface area contributed by atoms with Crippen LogP contribution in [0.25, 0.3) is 0 Å². The van der Waals surface area contributed by atoms with E-state index >= 15 is 0 Å². The van der Waals surface area contributed by atoms with Crippen molar-refractivity contribution in [3.05, 3.63) is 29.3 Å². The van der Waals surface area contributed by atoms with E-state index in [1.54, 1.807) is 0 Å². The molecule has 1 fully saturated rings. The first-order chi connectivity index (χ1) is 9.81. The van der Waals surface area contributed by atoms with E-state index in [-0.39, 0.29) is 0 Å². The van der Waals surface area contributed by atoms with Crippen molar-refractivity contribution in [1.29, 1.82) is 0 Å². The summed E-state index contributed by atoms with van der Waals surface area (Å²) in [6.07, 6.45) is 10.3. The maximum Gasteiger partial charge on any atom is 0.122 e. The number of hydrogen-bond donors (Lipinski definition) is 1. The quantitative estimate of drug-likeness (QED) is 0.892. The Hall–Kier alpha value is -0.670. The zero-order valence-corrected chi connectivity index (χ0v) is 13.2. The predicted octanol–water partition coefficient (Wildman–Crippen LogP) is 3.78. The number of ether oxygens (including phenoxy) is 1. The largest absolute Gasteiger partial charge is 0.493 e. The Morgan fingerprint density at radius 2 is 2.10 bits per heavy atom. The molecule has 1 aromatic rings. The highest BCUT2D eigenvalue weighted by Crippen LogP contribution is 2.38. The standard InChI is InChI=1S/C17H25NOS/c1-20-17(8-3-2-4-9-17)13-18-12-14-5-6-16-15(11-14)7-10-19-16/h5-6,11,18H,2-4,7-10,12-13H2,1H3. The molecule has 0 unspecified atom stereocenters. The smallest absolute Gasteiger partial charge is 0.122 e. The Kier molecular flexibility index (Phi) is 4.57. The summed E-state index contributed by atoms with van der Waals surface area (Å²) in [5, 5.41) is 3.69. The number of rotatable bonds is 5. The monoisotopic (exact) mass is 291 g/mol. The molecular weight excluding hydrogens is 266 g/mol. The first-order valence-corrected chi connectivity index (χ1v) is 9.04. The van der Waals surface area contributed by atoms with Crippen molar-refractivity contribution in [2.45, 2.75) is 49.8 Å². The van der Waals surface area contributed by atoms with Crippen molar-refractivity contribution >= 4 is 11.8 Å². The molecule has 0 radical (unpaired) electrons. The van der Waals surface area contributed by atoms with Crippen LogP contribution in [0, 0.1) is 0 Å². The molecule has 1 aliphatic heterocycles. The van der Waals surface area contributed by atoms with Gasteiger partial charge in [0.2, 0.25) is 0 Å². The molecule has 1 aromatic carbocycles. The van der Waals surface area contributed by atoms with Crippen molar-refractivity contribution in [2.24, 2.45) is 0 Å². The fraction of sp³-hybridized carbons (Fsp3) is 0.647. The van der Waals surface area contributed by atoms with Gasteiger partial charge in [-0.25, -0.2) is 0 Å². The van der Waals surface area contributed by atoms with Crippen molar-refractivity contribution in [1.82, 2.24) is 5.32 Å². The molecule has 0 atom stereocenters. The summed E-state index contributed by atoms with van der Waals surface area (Å²) in [5.41, 5.74) is 2.77. The lowest BCUT2D eigenvalue weighted by atomic mass is 9.88. The Bertz CT molecular complexity index is 454. The highest BCUT2D eigenvalue weighted by Gasteiger charge is 2.30. The lowest BCUT2D eigenvalue weighted by molar-refractivity contribution is 0.356. The average Bonchev–Trinajstić information content (AvgIpc) is 2.96. The summed E-state index contributed by atoms with van der Waals surface area (Å²) in [4.78, 5) is 0. The maximum atomic E-state index is 5.56. The maximum absolute atomic E-state index is 5.56. The van der Waals surface area contributed by atoms with Gasteiger partial charge < -0.3 is 10.1 Å². The second-order valence-electron chi connectivity index (χ2n) is 6.09. The third kappa shape index (κ3) is 3.15.